The lowest BCUT2D eigenvalue weighted by molar-refractivity contribution is 0.200. The van der Waals surface area contributed by atoms with Crippen LogP contribution in [0.4, 0.5) is 0 Å². The van der Waals surface area contributed by atoms with Crippen LogP contribution in [0.25, 0.3) is 0 Å². The van der Waals surface area contributed by atoms with Crippen molar-refractivity contribution in [1.82, 2.24) is 10.2 Å². The molecule has 15 heavy (non-hydrogen) atoms. The second kappa shape index (κ2) is 7.51. The zero-order chi connectivity index (χ0) is 11.8. The second-order valence-corrected chi connectivity index (χ2v) is 4.10. The molecule has 90 valence electrons. The molecule has 0 aromatic carbocycles. The lowest BCUT2D eigenvalue weighted by Crippen LogP contribution is -2.46. The summed E-state index contributed by atoms with van der Waals surface area (Å²) in [6, 6.07) is 0.514. The minimum absolute atomic E-state index is 0.514. The zero-order valence-corrected chi connectivity index (χ0v) is 10.7. The highest BCUT2D eigenvalue weighted by Crippen LogP contribution is 2.16. The molecule has 0 radical (unpaired) electrons. The third-order valence-corrected chi connectivity index (χ3v) is 2.99. The maximum atomic E-state index is 5.62. The quantitative estimate of drug-likeness (QED) is 0.510. The van der Waals surface area contributed by atoms with E-state index in [0.717, 1.165) is 6.54 Å². The zero-order valence-electron chi connectivity index (χ0n) is 10.7. The van der Waals surface area contributed by atoms with Crippen molar-refractivity contribution in [2.75, 3.05) is 27.7 Å². The van der Waals surface area contributed by atoms with E-state index in [1.54, 1.807) is 7.05 Å². The summed E-state index contributed by atoms with van der Waals surface area (Å²) in [5.41, 5.74) is 5.62. The molecule has 1 atom stereocenters. The van der Waals surface area contributed by atoms with Crippen LogP contribution in [-0.4, -0.2) is 44.6 Å². The number of guanidine groups is 1. The second-order valence-electron chi connectivity index (χ2n) is 4.10. The Kier molecular flexibility index (Phi) is 7.13. The molecule has 4 nitrogen and oxygen atoms in total. The molecule has 0 heterocycles. The van der Waals surface area contributed by atoms with Gasteiger partial charge in [0.15, 0.2) is 5.96 Å². The Bertz CT molecular complexity index is 185. The van der Waals surface area contributed by atoms with Crippen molar-refractivity contribution in [3.05, 3.63) is 0 Å². The van der Waals surface area contributed by atoms with Gasteiger partial charge < -0.3 is 16.0 Å². The van der Waals surface area contributed by atoms with Crippen molar-refractivity contribution in [1.29, 1.82) is 0 Å². The van der Waals surface area contributed by atoms with E-state index in [0.29, 0.717) is 17.9 Å². The highest BCUT2D eigenvalue weighted by atomic mass is 15.2. The molecule has 0 rings (SSSR count). The van der Waals surface area contributed by atoms with Gasteiger partial charge in [-0.1, -0.05) is 26.7 Å². The van der Waals surface area contributed by atoms with Gasteiger partial charge >= 0.3 is 0 Å². The van der Waals surface area contributed by atoms with Gasteiger partial charge in [0.25, 0.3) is 0 Å². The van der Waals surface area contributed by atoms with Crippen LogP contribution in [-0.2, 0) is 0 Å². The standard InChI is InChI=1S/C11H26N4/c1-6-9(7-2)10(15(4)5)8-14-11(12)13-3/h9-10H,6-8H2,1-5H3,(H3,12,13,14). The van der Waals surface area contributed by atoms with E-state index in [1.807, 2.05) is 0 Å². The van der Waals surface area contributed by atoms with Gasteiger partial charge in [0.2, 0.25) is 0 Å². The molecule has 3 N–H and O–H groups in total. The van der Waals surface area contributed by atoms with E-state index in [-0.39, 0.29) is 0 Å². The number of nitrogens with one attached hydrogen (secondary N) is 1. The first-order valence-corrected chi connectivity index (χ1v) is 5.69. The highest BCUT2D eigenvalue weighted by Gasteiger charge is 2.20. The van der Waals surface area contributed by atoms with Crippen LogP contribution in [0, 0.1) is 5.92 Å². The predicted octanol–water partition coefficient (Wildman–Crippen LogP) is 0.887. The molecule has 0 fully saturated rings. The van der Waals surface area contributed by atoms with Gasteiger partial charge in [-0.15, -0.1) is 0 Å². The van der Waals surface area contributed by atoms with E-state index in [9.17, 15) is 0 Å². The Morgan fingerprint density at radius 2 is 1.87 bits per heavy atom. The molecule has 0 bridgehead atoms. The Morgan fingerprint density at radius 3 is 2.20 bits per heavy atom. The molecule has 0 aliphatic rings. The molecular formula is C11H26N4. The van der Waals surface area contributed by atoms with Crippen molar-refractivity contribution in [3.8, 4) is 0 Å². The summed E-state index contributed by atoms with van der Waals surface area (Å²) in [6.07, 6.45) is 2.40. The van der Waals surface area contributed by atoms with E-state index in [4.69, 9.17) is 5.73 Å². The van der Waals surface area contributed by atoms with Crippen molar-refractivity contribution in [2.45, 2.75) is 32.7 Å². The van der Waals surface area contributed by atoms with Crippen molar-refractivity contribution >= 4 is 5.96 Å². The van der Waals surface area contributed by atoms with Crippen LogP contribution < -0.4 is 11.1 Å². The molecule has 0 saturated carbocycles. The van der Waals surface area contributed by atoms with E-state index >= 15 is 0 Å². The van der Waals surface area contributed by atoms with Crippen LogP contribution in [0.15, 0.2) is 4.99 Å². The van der Waals surface area contributed by atoms with Gasteiger partial charge in [-0.3, -0.25) is 4.99 Å². The summed E-state index contributed by atoms with van der Waals surface area (Å²) in [4.78, 5) is 6.15. The fourth-order valence-electron chi connectivity index (χ4n) is 1.89. The van der Waals surface area contributed by atoms with Gasteiger partial charge in [0, 0.05) is 19.6 Å². The van der Waals surface area contributed by atoms with Crippen LogP contribution in [0.5, 0.6) is 0 Å². The van der Waals surface area contributed by atoms with Gasteiger partial charge in [0.1, 0.15) is 0 Å². The molecule has 0 spiro atoms. The minimum atomic E-state index is 0.514. The van der Waals surface area contributed by atoms with Crippen LogP contribution >= 0.6 is 0 Å². The third kappa shape index (κ3) is 5.02. The van der Waals surface area contributed by atoms with Gasteiger partial charge in [-0.05, 0) is 20.0 Å². The van der Waals surface area contributed by atoms with Gasteiger partial charge in [0.05, 0.1) is 0 Å². The summed E-state index contributed by atoms with van der Waals surface area (Å²) in [5.74, 6) is 1.23. The maximum Gasteiger partial charge on any atom is 0.188 e. The summed E-state index contributed by atoms with van der Waals surface area (Å²) < 4.78 is 0. The molecule has 0 saturated heterocycles. The SMILES string of the molecule is CCC(CC)C(CNC(N)=NC)N(C)C. The topological polar surface area (TPSA) is 53.6 Å². The maximum absolute atomic E-state index is 5.62. The summed E-state index contributed by atoms with van der Waals surface area (Å²) in [5, 5.41) is 3.15. The normalized spacial score (nSPS) is 14.7. The number of rotatable bonds is 6. The molecule has 0 amide bonds. The number of hydrogen-bond donors (Lipinski definition) is 2. The smallest absolute Gasteiger partial charge is 0.188 e. The van der Waals surface area contributed by atoms with Gasteiger partial charge in [-0.25, -0.2) is 0 Å². The number of aliphatic imine (C=N–C) groups is 1. The number of nitrogens with zero attached hydrogens (tertiary/aromatic N) is 2. The third-order valence-electron chi connectivity index (χ3n) is 2.99. The summed E-state index contributed by atoms with van der Waals surface area (Å²) in [7, 11) is 5.93. The average molecular weight is 214 g/mol. The predicted molar refractivity (Wildman–Crippen MR) is 67.1 cm³/mol. The lowest BCUT2D eigenvalue weighted by Gasteiger charge is -2.31. The fourth-order valence-corrected chi connectivity index (χ4v) is 1.89. The van der Waals surface area contributed by atoms with Gasteiger partial charge in [-0.2, -0.15) is 0 Å². The molecule has 1 unspecified atom stereocenters. The first kappa shape index (κ1) is 14.2. The lowest BCUT2D eigenvalue weighted by atomic mass is 9.93. The summed E-state index contributed by atoms with van der Waals surface area (Å²) in [6.45, 7) is 5.34. The van der Waals surface area contributed by atoms with Crippen molar-refractivity contribution in [3.63, 3.8) is 0 Å². The van der Waals surface area contributed by atoms with Crippen LogP contribution in [0.2, 0.25) is 0 Å². The first-order valence-electron chi connectivity index (χ1n) is 5.69. The van der Waals surface area contributed by atoms with Crippen molar-refractivity contribution < 1.29 is 0 Å². The Balaban J connectivity index is 4.27. The molecule has 0 aromatic rings. The fraction of sp³-hybridized carbons (Fsp3) is 0.909. The minimum Gasteiger partial charge on any atom is -0.370 e. The molecule has 0 aromatic heterocycles. The van der Waals surface area contributed by atoms with E-state index in [2.05, 4.69) is 43.2 Å². The average Bonchev–Trinajstić information content (AvgIpc) is 2.23. The Morgan fingerprint density at radius 1 is 1.33 bits per heavy atom. The molecular weight excluding hydrogens is 188 g/mol. The summed E-state index contributed by atoms with van der Waals surface area (Å²) >= 11 is 0. The van der Waals surface area contributed by atoms with Crippen LogP contribution in [0.3, 0.4) is 0 Å². The Labute approximate surface area is 93.9 Å². The molecule has 4 heteroatoms. The first-order chi connectivity index (χ1) is 7.06. The number of likely N-dealkylation sites (N-methyl/N-ethyl adjacent to an activating group) is 1. The number of hydrogen-bond acceptors (Lipinski definition) is 2. The van der Waals surface area contributed by atoms with Crippen molar-refractivity contribution in [2.24, 2.45) is 16.6 Å². The molecule has 0 aliphatic heterocycles. The molecule has 0 aliphatic carbocycles. The Hall–Kier alpha value is -0.770. The number of nitrogens with two attached hydrogens (primary N) is 1. The largest absolute Gasteiger partial charge is 0.370 e. The van der Waals surface area contributed by atoms with E-state index < -0.39 is 0 Å². The highest BCUT2D eigenvalue weighted by molar-refractivity contribution is 5.77. The van der Waals surface area contributed by atoms with E-state index in [1.165, 1.54) is 12.8 Å². The van der Waals surface area contributed by atoms with Crippen LogP contribution in [0.1, 0.15) is 26.7 Å². The monoisotopic (exact) mass is 214 g/mol.